The SMILES string of the molecule is CCCNC1CCCC1OCc1cccc(Br)c1. The van der Waals surface area contributed by atoms with E-state index in [0.717, 1.165) is 11.0 Å². The Morgan fingerprint density at radius 3 is 3.06 bits per heavy atom. The summed E-state index contributed by atoms with van der Waals surface area (Å²) in [5, 5.41) is 3.59. The van der Waals surface area contributed by atoms with Crippen molar-refractivity contribution in [2.24, 2.45) is 0 Å². The monoisotopic (exact) mass is 311 g/mol. The van der Waals surface area contributed by atoms with E-state index >= 15 is 0 Å². The summed E-state index contributed by atoms with van der Waals surface area (Å²) in [5.74, 6) is 0. The zero-order valence-electron chi connectivity index (χ0n) is 11.0. The van der Waals surface area contributed by atoms with Gasteiger partial charge >= 0.3 is 0 Å². The number of rotatable bonds is 6. The van der Waals surface area contributed by atoms with Crippen molar-refractivity contribution in [3.8, 4) is 0 Å². The molecule has 0 heterocycles. The molecule has 0 radical (unpaired) electrons. The average Bonchev–Trinajstić information content (AvgIpc) is 2.81. The second kappa shape index (κ2) is 7.27. The minimum atomic E-state index is 0.385. The minimum absolute atomic E-state index is 0.385. The van der Waals surface area contributed by atoms with Crippen LogP contribution >= 0.6 is 15.9 Å². The van der Waals surface area contributed by atoms with Crippen molar-refractivity contribution in [3.05, 3.63) is 34.3 Å². The predicted molar refractivity (Wildman–Crippen MR) is 78.7 cm³/mol. The molecule has 0 bridgehead atoms. The molecule has 0 amide bonds. The van der Waals surface area contributed by atoms with Crippen LogP contribution in [0.3, 0.4) is 0 Å². The fourth-order valence-electron chi connectivity index (χ4n) is 2.52. The molecule has 1 aliphatic carbocycles. The van der Waals surface area contributed by atoms with Gasteiger partial charge in [-0.15, -0.1) is 0 Å². The van der Waals surface area contributed by atoms with E-state index in [1.807, 2.05) is 6.07 Å². The van der Waals surface area contributed by atoms with Gasteiger partial charge in [-0.05, 0) is 49.9 Å². The number of ether oxygens (including phenoxy) is 1. The molecular weight excluding hydrogens is 290 g/mol. The maximum atomic E-state index is 6.07. The maximum absolute atomic E-state index is 6.07. The van der Waals surface area contributed by atoms with E-state index in [0.29, 0.717) is 18.8 Å². The molecule has 0 aliphatic heterocycles. The van der Waals surface area contributed by atoms with Crippen molar-refractivity contribution in [2.75, 3.05) is 6.54 Å². The molecule has 2 unspecified atom stereocenters. The van der Waals surface area contributed by atoms with Gasteiger partial charge in [-0.1, -0.05) is 35.0 Å². The van der Waals surface area contributed by atoms with Gasteiger partial charge in [0.1, 0.15) is 0 Å². The van der Waals surface area contributed by atoms with Crippen LogP contribution in [0.4, 0.5) is 0 Å². The Balaban J connectivity index is 1.81. The normalized spacial score (nSPS) is 23.4. The molecule has 1 saturated carbocycles. The lowest BCUT2D eigenvalue weighted by Gasteiger charge is -2.21. The summed E-state index contributed by atoms with van der Waals surface area (Å²) < 4.78 is 7.19. The number of halogens is 1. The molecule has 18 heavy (non-hydrogen) atoms. The van der Waals surface area contributed by atoms with Gasteiger partial charge in [0.15, 0.2) is 0 Å². The summed E-state index contributed by atoms with van der Waals surface area (Å²) in [6.45, 7) is 4.02. The van der Waals surface area contributed by atoms with E-state index in [4.69, 9.17) is 4.74 Å². The van der Waals surface area contributed by atoms with Crippen molar-refractivity contribution >= 4 is 15.9 Å². The highest BCUT2D eigenvalue weighted by Crippen LogP contribution is 2.23. The molecule has 100 valence electrons. The maximum Gasteiger partial charge on any atom is 0.0732 e. The molecule has 2 atom stereocenters. The molecule has 1 N–H and O–H groups in total. The Labute approximate surface area is 118 Å². The van der Waals surface area contributed by atoms with Crippen LogP contribution in [-0.2, 0) is 11.3 Å². The molecule has 1 aromatic rings. The Bertz CT molecular complexity index is 369. The average molecular weight is 312 g/mol. The van der Waals surface area contributed by atoms with E-state index in [1.54, 1.807) is 0 Å². The van der Waals surface area contributed by atoms with Crippen molar-refractivity contribution < 1.29 is 4.74 Å². The zero-order valence-corrected chi connectivity index (χ0v) is 12.6. The number of hydrogen-bond acceptors (Lipinski definition) is 2. The number of benzene rings is 1. The lowest BCUT2D eigenvalue weighted by atomic mass is 10.2. The topological polar surface area (TPSA) is 21.3 Å². The highest BCUT2D eigenvalue weighted by molar-refractivity contribution is 9.10. The third-order valence-electron chi connectivity index (χ3n) is 3.46. The Kier molecular flexibility index (Phi) is 5.67. The van der Waals surface area contributed by atoms with Crippen LogP contribution in [0.15, 0.2) is 28.7 Å². The largest absolute Gasteiger partial charge is 0.372 e. The van der Waals surface area contributed by atoms with Gasteiger partial charge in [-0.25, -0.2) is 0 Å². The van der Waals surface area contributed by atoms with Gasteiger partial charge in [0, 0.05) is 10.5 Å². The van der Waals surface area contributed by atoms with Crippen LogP contribution in [0.25, 0.3) is 0 Å². The van der Waals surface area contributed by atoms with Gasteiger partial charge in [-0.2, -0.15) is 0 Å². The summed E-state index contributed by atoms with van der Waals surface area (Å²) >= 11 is 3.49. The number of nitrogens with one attached hydrogen (secondary N) is 1. The summed E-state index contributed by atoms with van der Waals surface area (Å²) in [6.07, 6.45) is 5.30. The second-order valence-electron chi connectivity index (χ2n) is 4.97. The predicted octanol–water partition coefficient (Wildman–Crippen LogP) is 3.89. The summed E-state index contributed by atoms with van der Waals surface area (Å²) in [5.41, 5.74) is 1.24. The Morgan fingerprint density at radius 2 is 2.28 bits per heavy atom. The minimum Gasteiger partial charge on any atom is -0.372 e. The first kappa shape index (κ1) is 14.0. The van der Waals surface area contributed by atoms with E-state index < -0.39 is 0 Å². The first-order chi connectivity index (χ1) is 8.79. The Morgan fingerprint density at radius 1 is 1.39 bits per heavy atom. The lowest BCUT2D eigenvalue weighted by molar-refractivity contribution is 0.0280. The third-order valence-corrected chi connectivity index (χ3v) is 3.96. The van der Waals surface area contributed by atoms with Gasteiger partial charge < -0.3 is 10.1 Å². The molecule has 3 heteroatoms. The zero-order chi connectivity index (χ0) is 12.8. The third kappa shape index (κ3) is 4.08. The van der Waals surface area contributed by atoms with Crippen LogP contribution in [0.1, 0.15) is 38.2 Å². The van der Waals surface area contributed by atoms with Gasteiger partial charge in [-0.3, -0.25) is 0 Å². The van der Waals surface area contributed by atoms with Crippen molar-refractivity contribution in [1.82, 2.24) is 5.32 Å². The van der Waals surface area contributed by atoms with Crippen LogP contribution in [0.2, 0.25) is 0 Å². The molecule has 0 spiro atoms. The fraction of sp³-hybridized carbons (Fsp3) is 0.600. The highest BCUT2D eigenvalue weighted by atomic mass is 79.9. The first-order valence-corrected chi connectivity index (χ1v) is 7.68. The first-order valence-electron chi connectivity index (χ1n) is 6.89. The van der Waals surface area contributed by atoms with E-state index in [1.165, 1.54) is 31.2 Å². The summed E-state index contributed by atoms with van der Waals surface area (Å²) in [4.78, 5) is 0. The molecule has 1 aliphatic rings. The second-order valence-corrected chi connectivity index (χ2v) is 5.89. The van der Waals surface area contributed by atoms with Crippen LogP contribution < -0.4 is 5.32 Å². The van der Waals surface area contributed by atoms with Crippen molar-refractivity contribution in [2.45, 2.75) is 51.4 Å². The van der Waals surface area contributed by atoms with E-state index in [2.05, 4.69) is 46.4 Å². The Hall–Kier alpha value is -0.380. The van der Waals surface area contributed by atoms with Crippen LogP contribution in [-0.4, -0.2) is 18.7 Å². The van der Waals surface area contributed by atoms with Gasteiger partial charge in [0.25, 0.3) is 0 Å². The summed E-state index contributed by atoms with van der Waals surface area (Å²) in [7, 11) is 0. The fourth-order valence-corrected chi connectivity index (χ4v) is 2.97. The standard InChI is InChI=1S/C15H22BrNO/c1-2-9-17-14-7-4-8-15(14)18-11-12-5-3-6-13(16)10-12/h3,5-6,10,14-15,17H,2,4,7-9,11H2,1H3. The highest BCUT2D eigenvalue weighted by Gasteiger charge is 2.27. The molecule has 0 aromatic heterocycles. The molecule has 0 saturated heterocycles. The number of hydrogen-bond donors (Lipinski definition) is 1. The summed E-state index contributed by atoms with van der Waals surface area (Å²) in [6, 6.07) is 8.91. The van der Waals surface area contributed by atoms with Crippen LogP contribution in [0, 0.1) is 0 Å². The smallest absolute Gasteiger partial charge is 0.0732 e. The molecule has 1 fully saturated rings. The van der Waals surface area contributed by atoms with Gasteiger partial charge in [0.05, 0.1) is 12.7 Å². The molecule has 2 nitrogen and oxygen atoms in total. The van der Waals surface area contributed by atoms with Crippen molar-refractivity contribution in [1.29, 1.82) is 0 Å². The lowest BCUT2D eigenvalue weighted by Crippen LogP contribution is -2.37. The van der Waals surface area contributed by atoms with E-state index in [-0.39, 0.29) is 0 Å². The molecule has 2 rings (SSSR count). The van der Waals surface area contributed by atoms with Crippen LogP contribution in [0.5, 0.6) is 0 Å². The molecular formula is C15H22BrNO. The molecule has 1 aromatic carbocycles. The van der Waals surface area contributed by atoms with Crippen molar-refractivity contribution in [3.63, 3.8) is 0 Å². The van der Waals surface area contributed by atoms with Gasteiger partial charge in [0.2, 0.25) is 0 Å². The van der Waals surface area contributed by atoms with E-state index in [9.17, 15) is 0 Å². The quantitative estimate of drug-likeness (QED) is 0.860.